The topological polar surface area (TPSA) is 40.7 Å². The Kier molecular flexibility index (Phi) is 3.59. The van der Waals surface area contributed by atoms with Gasteiger partial charge in [-0.25, -0.2) is 0 Å². The molecule has 90 valence electrons. The summed E-state index contributed by atoms with van der Waals surface area (Å²) in [6.45, 7) is 7.26. The average Bonchev–Trinajstić information content (AvgIpc) is 2.75. The standard InChI is InChI=1S/C14H19N3/c1-10(2)15-8-12-9-16-17-14(12)13-7-5-4-6-11(13)3/h4-7,9-10,15H,8H2,1-3H3,(H,16,17). The highest BCUT2D eigenvalue weighted by Crippen LogP contribution is 2.24. The van der Waals surface area contributed by atoms with Gasteiger partial charge in [-0.3, -0.25) is 5.10 Å². The first-order valence-corrected chi connectivity index (χ1v) is 6.00. The first-order valence-electron chi connectivity index (χ1n) is 6.00. The zero-order valence-corrected chi connectivity index (χ0v) is 10.6. The molecule has 0 fully saturated rings. The lowest BCUT2D eigenvalue weighted by Gasteiger charge is -2.09. The highest BCUT2D eigenvalue weighted by molar-refractivity contribution is 5.66. The van der Waals surface area contributed by atoms with Crippen LogP contribution in [0.5, 0.6) is 0 Å². The zero-order valence-electron chi connectivity index (χ0n) is 10.6. The lowest BCUT2D eigenvalue weighted by Crippen LogP contribution is -2.21. The van der Waals surface area contributed by atoms with Crippen molar-refractivity contribution >= 4 is 0 Å². The molecule has 0 bridgehead atoms. The Balaban J connectivity index is 2.28. The van der Waals surface area contributed by atoms with Gasteiger partial charge in [0, 0.05) is 23.7 Å². The third-order valence-corrected chi connectivity index (χ3v) is 2.83. The quantitative estimate of drug-likeness (QED) is 0.846. The van der Waals surface area contributed by atoms with Crippen LogP contribution in [0.15, 0.2) is 30.5 Å². The third-order valence-electron chi connectivity index (χ3n) is 2.83. The number of aryl methyl sites for hydroxylation is 1. The number of H-pyrrole nitrogens is 1. The van der Waals surface area contributed by atoms with E-state index >= 15 is 0 Å². The molecule has 1 aromatic heterocycles. The Hall–Kier alpha value is -1.61. The van der Waals surface area contributed by atoms with Gasteiger partial charge in [0.1, 0.15) is 0 Å². The van der Waals surface area contributed by atoms with E-state index in [9.17, 15) is 0 Å². The van der Waals surface area contributed by atoms with Crippen molar-refractivity contribution in [3.05, 3.63) is 41.6 Å². The molecule has 0 radical (unpaired) electrons. The Bertz CT molecular complexity index is 486. The molecule has 0 aliphatic carbocycles. The van der Waals surface area contributed by atoms with Crippen molar-refractivity contribution in [2.24, 2.45) is 0 Å². The largest absolute Gasteiger partial charge is 0.310 e. The smallest absolute Gasteiger partial charge is 0.0697 e. The minimum atomic E-state index is 0.481. The van der Waals surface area contributed by atoms with E-state index < -0.39 is 0 Å². The second-order valence-corrected chi connectivity index (χ2v) is 4.62. The Morgan fingerprint density at radius 1 is 1.29 bits per heavy atom. The van der Waals surface area contributed by atoms with Gasteiger partial charge in [-0.1, -0.05) is 38.1 Å². The molecule has 0 saturated carbocycles. The predicted octanol–water partition coefficient (Wildman–Crippen LogP) is 2.88. The number of aromatic amines is 1. The van der Waals surface area contributed by atoms with Crippen LogP contribution in [0.3, 0.4) is 0 Å². The third kappa shape index (κ3) is 2.74. The van der Waals surface area contributed by atoms with Gasteiger partial charge in [-0.15, -0.1) is 0 Å². The number of aromatic nitrogens is 2. The highest BCUT2D eigenvalue weighted by atomic mass is 15.1. The number of rotatable bonds is 4. The lowest BCUT2D eigenvalue weighted by atomic mass is 10.0. The van der Waals surface area contributed by atoms with Crippen molar-refractivity contribution in [1.29, 1.82) is 0 Å². The van der Waals surface area contributed by atoms with Crippen LogP contribution in [0.25, 0.3) is 11.3 Å². The molecule has 0 saturated heterocycles. The summed E-state index contributed by atoms with van der Waals surface area (Å²) in [5.41, 5.74) is 4.83. The van der Waals surface area contributed by atoms with E-state index in [-0.39, 0.29) is 0 Å². The van der Waals surface area contributed by atoms with Gasteiger partial charge in [0.25, 0.3) is 0 Å². The molecule has 0 amide bonds. The van der Waals surface area contributed by atoms with E-state index in [0.717, 1.165) is 12.2 Å². The fourth-order valence-corrected chi connectivity index (χ4v) is 1.85. The summed E-state index contributed by atoms with van der Waals surface area (Å²) in [6, 6.07) is 8.84. The Morgan fingerprint density at radius 3 is 2.76 bits per heavy atom. The van der Waals surface area contributed by atoms with Gasteiger partial charge in [0.05, 0.1) is 11.9 Å². The van der Waals surface area contributed by atoms with E-state index in [1.54, 1.807) is 0 Å². The Morgan fingerprint density at radius 2 is 2.06 bits per heavy atom. The molecule has 3 nitrogen and oxygen atoms in total. The minimum Gasteiger partial charge on any atom is -0.310 e. The summed E-state index contributed by atoms with van der Waals surface area (Å²) in [5, 5.41) is 10.7. The van der Waals surface area contributed by atoms with Crippen LogP contribution in [0.2, 0.25) is 0 Å². The number of hydrogen-bond acceptors (Lipinski definition) is 2. The van der Waals surface area contributed by atoms with Gasteiger partial charge in [0.2, 0.25) is 0 Å². The molecular weight excluding hydrogens is 210 g/mol. The number of benzene rings is 1. The maximum atomic E-state index is 4.15. The van der Waals surface area contributed by atoms with Crippen LogP contribution in [0.4, 0.5) is 0 Å². The minimum absolute atomic E-state index is 0.481. The van der Waals surface area contributed by atoms with Gasteiger partial charge < -0.3 is 5.32 Å². The first kappa shape index (κ1) is 11.9. The van der Waals surface area contributed by atoms with Crippen LogP contribution in [0.1, 0.15) is 25.0 Å². The van der Waals surface area contributed by atoms with Crippen molar-refractivity contribution in [2.45, 2.75) is 33.4 Å². The summed E-state index contributed by atoms with van der Waals surface area (Å²) >= 11 is 0. The maximum Gasteiger partial charge on any atom is 0.0697 e. The summed E-state index contributed by atoms with van der Waals surface area (Å²) in [5.74, 6) is 0. The van der Waals surface area contributed by atoms with Crippen molar-refractivity contribution in [3.8, 4) is 11.3 Å². The van der Waals surface area contributed by atoms with Gasteiger partial charge in [0.15, 0.2) is 0 Å². The van der Waals surface area contributed by atoms with Gasteiger partial charge in [-0.05, 0) is 12.5 Å². The molecule has 2 N–H and O–H groups in total. The molecular formula is C14H19N3. The van der Waals surface area contributed by atoms with E-state index in [1.807, 2.05) is 6.20 Å². The zero-order chi connectivity index (χ0) is 12.3. The fraction of sp³-hybridized carbons (Fsp3) is 0.357. The molecule has 17 heavy (non-hydrogen) atoms. The van der Waals surface area contributed by atoms with Crippen LogP contribution in [-0.2, 0) is 6.54 Å². The predicted molar refractivity (Wildman–Crippen MR) is 70.7 cm³/mol. The van der Waals surface area contributed by atoms with Crippen LogP contribution < -0.4 is 5.32 Å². The average molecular weight is 229 g/mol. The van der Waals surface area contributed by atoms with Crippen LogP contribution in [0, 0.1) is 6.92 Å². The van der Waals surface area contributed by atoms with Crippen molar-refractivity contribution < 1.29 is 0 Å². The van der Waals surface area contributed by atoms with Crippen LogP contribution >= 0.6 is 0 Å². The highest BCUT2D eigenvalue weighted by Gasteiger charge is 2.09. The summed E-state index contributed by atoms with van der Waals surface area (Å²) in [6.07, 6.45) is 1.90. The molecule has 2 aromatic rings. The number of hydrogen-bond donors (Lipinski definition) is 2. The molecule has 0 spiro atoms. The van der Waals surface area contributed by atoms with Gasteiger partial charge in [-0.2, -0.15) is 5.10 Å². The Labute approximate surface area is 102 Å². The first-order chi connectivity index (χ1) is 8.18. The summed E-state index contributed by atoms with van der Waals surface area (Å²) < 4.78 is 0. The number of nitrogens with one attached hydrogen (secondary N) is 2. The van der Waals surface area contributed by atoms with E-state index in [0.29, 0.717) is 6.04 Å². The molecule has 2 rings (SSSR count). The summed E-state index contributed by atoms with van der Waals surface area (Å²) in [7, 11) is 0. The SMILES string of the molecule is Cc1ccccc1-c1[nH]ncc1CNC(C)C. The second-order valence-electron chi connectivity index (χ2n) is 4.62. The molecule has 1 aromatic carbocycles. The van der Waals surface area contributed by atoms with Crippen molar-refractivity contribution in [2.75, 3.05) is 0 Å². The fourth-order valence-electron chi connectivity index (χ4n) is 1.85. The summed E-state index contributed by atoms with van der Waals surface area (Å²) in [4.78, 5) is 0. The van der Waals surface area contributed by atoms with E-state index in [2.05, 4.69) is 60.6 Å². The van der Waals surface area contributed by atoms with Crippen LogP contribution in [-0.4, -0.2) is 16.2 Å². The van der Waals surface area contributed by atoms with Gasteiger partial charge >= 0.3 is 0 Å². The monoisotopic (exact) mass is 229 g/mol. The number of nitrogens with zero attached hydrogens (tertiary/aromatic N) is 1. The lowest BCUT2D eigenvalue weighted by molar-refractivity contribution is 0.589. The molecule has 0 aliphatic rings. The maximum absolute atomic E-state index is 4.15. The molecule has 3 heteroatoms. The molecule has 0 aliphatic heterocycles. The molecule has 1 heterocycles. The molecule has 0 unspecified atom stereocenters. The van der Waals surface area contributed by atoms with Crippen molar-refractivity contribution in [1.82, 2.24) is 15.5 Å². The van der Waals surface area contributed by atoms with E-state index in [4.69, 9.17) is 0 Å². The van der Waals surface area contributed by atoms with E-state index in [1.165, 1.54) is 16.7 Å². The molecule has 0 atom stereocenters. The second kappa shape index (κ2) is 5.15. The normalized spacial score (nSPS) is 11.1. The van der Waals surface area contributed by atoms with Crippen molar-refractivity contribution in [3.63, 3.8) is 0 Å².